The fourth-order valence-electron chi connectivity index (χ4n) is 3.34. The number of fused-ring (bicyclic) bond motifs is 1. The fourth-order valence-corrected chi connectivity index (χ4v) is 3.84. The van der Waals surface area contributed by atoms with Crippen molar-refractivity contribution >= 4 is 32.7 Å². The van der Waals surface area contributed by atoms with Crippen LogP contribution >= 0.6 is 15.9 Å². The highest BCUT2D eigenvalue weighted by atomic mass is 79.9. The lowest BCUT2D eigenvalue weighted by Gasteiger charge is -2.14. The van der Waals surface area contributed by atoms with Gasteiger partial charge in [0.25, 0.3) is 0 Å². The first kappa shape index (κ1) is 24.3. The zero-order valence-electron chi connectivity index (χ0n) is 19.3. The van der Waals surface area contributed by atoms with Gasteiger partial charge in [-0.1, -0.05) is 25.5 Å². The Balaban J connectivity index is 1.59. The molecule has 180 valence electrons. The first-order valence-electron chi connectivity index (χ1n) is 11.1. The van der Waals surface area contributed by atoms with Gasteiger partial charge in [0.2, 0.25) is 0 Å². The first-order valence-corrected chi connectivity index (χ1v) is 11.9. The fraction of sp³-hybridized carbons (Fsp3) is 0.185. The number of aromatic nitrogens is 1. The Morgan fingerprint density at radius 1 is 0.914 bits per heavy atom. The van der Waals surface area contributed by atoms with Gasteiger partial charge in [-0.05, 0) is 76.9 Å². The highest BCUT2D eigenvalue weighted by Gasteiger charge is 2.20. The number of aromatic hydroxyl groups is 1. The minimum absolute atomic E-state index is 0.132. The number of esters is 1. The van der Waals surface area contributed by atoms with Gasteiger partial charge in [0.1, 0.15) is 21.9 Å². The summed E-state index contributed by atoms with van der Waals surface area (Å²) in [4.78, 5) is 16.6. The van der Waals surface area contributed by atoms with Crippen LogP contribution in [0.1, 0.15) is 30.3 Å². The van der Waals surface area contributed by atoms with E-state index < -0.39 is 5.97 Å². The summed E-state index contributed by atoms with van der Waals surface area (Å²) in [5.41, 5.74) is -0.132. The molecule has 4 aromatic rings. The Morgan fingerprint density at radius 2 is 1.54 bits per heavy atom. The molecule has 1 heterocycles. The van der Waals surface area contributed by atoms with Crippen molar-refractivity contribution in [3.8, 4) is 34.5 Å². The summed E-state index contributed by atoms with van der Waals surface area (Å²) in [7, 11) is 1.61. The number of hydrogen-bond donors (Lipinski definition) is 1. The summed E-state index contributed by atoms with van der Waals surface area (Å²) >= 11 is 3.40. The maximum atomic E-state index is 12.4. The summed E-state index contributed by atoms with van der Waals surface area (Å²) in [6.07, 6.45) is 1.64. The van der Waals surface area contributed by atoms with E-state index in [1.54, 1.807) is 37.4 Å². The van der Waals surface area contributed by atoms with E-state index in [1.165, 1.54) is 0 Å². The number of carbonyl (C=O) groups is 1. The van der Waals surface area contributed by atoms with Crippen LogP contribution in [0, 0.1) is 0 Å². The number of halogens is 1. The van der Waals surface area contributed by atoms with E-state index in [2.05, 4.69) is 20.9 Å². The molecule has 0 fully saturated rings. The van der Waals surface area contributed by atoms with Crippen molar-refractivity contribution in [1.82, 2.24) is 4.98 Å². The summed E-state index contributed by atoms with van der Waals surface area (Å²) < 4.78 is 22.9. The molecule has 3 aromatic carbocycles. The molecule has 0 unspecified atom stereocenters. The standard InChI is InChI=1S/C27H24BrNO6/c1-3-4-15-33-27(31)24-25(30)20-14-13-19(16-21(20)26(28)29-24)35-23-8-6-5-7-22(23)34-18-11-9-17(32-2)10-12-18/h5-14,16,30H,3-4,15H2,1-2H3. The van der Waals surface area contributed by atoms with E-state index in [1.807, 2.05) is 43.3 Å². The number of carbonyl (C=O) groups excluding carboxylic acids is 1. The van der Waals surface area contributed by atoms with Crippen LogP contribution in [0.25, 0.3) is 10.8 Å². The average molecular weight is 538 g/mol. The summed E-state index contributed by atoms with van der Waals surface area (Å²) in [5.74, 6) is 2.01. The molecule has 0 saturated carbocycles. The topological polar surface area (TPSA) is 87.1 Å². The summed E-state index contributed by atoms with van der Waals surface area (Å²) in [6, 6.07) is 19.6. The van der Waals surface area contributed by atoms with Crippen molar-refractivity contribution in [2.75, 3.05) is 13.7 Å². The Labute approximate surface area is 211 Å². The molecule has 1 N–H and O–H groups in total. The van der Waals surface area contributed by atoms with E-state index in [4.69, 9.17) is 18.9 Å². The van der Waals surface area contributed by atoms with Gasteiger partial charge in [-0.15, -0.1) is 0 Å². The van der Waals surface area contributed by atoms with E-state index in [9.17, 15) is 9.90 Å². The molecule has 0 bridgehead atoms. The van der Waals surface area contributed by atoms with Crippen LogP contribution < -0.4 is 14.2 Å². The number of nitrogens with zero attached hydrogens (tertiary/aromatic N) is 1. The molecule has 0 aliphatic rings. The van der Waals surface area contributed by atoms with Crippen LogP contribution in [0.5, 0.6) is 34.5 Å². The van der Waals surface area contributed by atoms with Crippen molar-refractivity contribution in [1.29, 1.82) is 0 Å². The number of unbranched alkanes of at least 4 members (excludes halogenated alkanes) is 1. The van der Waals surface area contributed by atoms with Crippen molar-refractivity contribution < 1.29 is 28.8 Å². The smallest absolute Gasteiger partial charge is 0.360 e. The van der Waals surface area contributed by atoms with Crippen molar-refractivity contribution in [2.45, 2.75) is 19.8 Å². The number of benzene rings is 3. The van der Waals surface area contributed by atoms with Crippen molar-refractivity contribution in [2.24, 2.45) is 0 Å². The second-order valence-corrected chi connectivity index (χ2v) is 8.37. The van der Waals surface area contributed by atoms with E-state index in [0.29, 0.717) is 38.4 Å². The monoisotopic (exact) mass is 537 g/mol. The van der Waals surface area contributed by atoms with Gasteiger partial charge in [-0.25, -0.2) is 9.78 Å². The predicted molar refractivity (Wildman–Crippen MR) is 136 cm³/mol. The normalized spacial score (nSPS) is 10.7. The highest BCUT2D eigenvalue weighted by Crippen LogP contribution is 2.39. The number of para-hydroxylation sites is 2. The van der Waals surface area contributed by atoms with Crippen LogP contribution in [-0.4, -0.2) is 29.8 Å². The van der Waals surface area contributed by atoms with Crippen molar-refractivity contribution in [3.63, 3.8) is 0 Å². The maximum Gasteiger partial charge on any atom is 0.360 e. The second-order valence-electron chi connectivity index (χ2n) is 7.62. The van der Waals surface area contributed by atoms with Crippen LogP contribution in [0.4, 0.5) is 0 Å². The molecule has 0 amide bonds. The molecule has 0 aliphatic heterocycles. The lowest BCUT2D eigenvalue weighted by atomic mass is 10.1. The molecule has 7 nitrogen and oxygen atoms in total. The average Bonchev–Trinajstić information content (AvgIpc) is 2.88. The quantitative estimate of drug-likeness (QED) is 0.136. The molecular weight excluding hydrogens is 514 g/mol. The third-order valence-electron chi connectivity index (χ3n) is 5.19. The number of ether oxygens (including phenoxy) is 4. The van der Waals surface area contributed by atoms with E-state index >= 15 is 0 Å². The van der Waals surface area contributed by atoms with Crippen molar-refractivity contribution in [3.05, 3.63) is 77.0 Å². The molecular formula is C27H24BrNO6. The zero-order chi connectivity index (χ0) is 24.8. The molecule has 0 spiro atoms. The molecule has 0 aliphatic carbocycles. The largest absolute Gasteiger partial charge is 0.505 e. The molecule has 0 radical (unpaired) electrons. The molecule has 0 atom stereocenters. The Bertz CT molecular complexity index is 1340. The first-order chi connectivity index (χ1) is 17.0. The lowest BCUT2D eigenvalue weighted by molar-refractivity contribution is 0.0489. The third-order valence-corrected chi connectivity index (χ3v) is 5.80. The van der Waals surface area contributed by atoms with Crippen LogP contribution in [-0.2, 0) is 4.74 Å². The van der Waals surface area contributed by atoms with Gasteiger partial charge < -0.3 is 24.1 Å². The van der Waals surface area contributed by atoms with Crippen LogP contribution in [0.15, 0.2) is 71.3 Å². The number of rotatable bonds is 9. The molecule has 4 rings (SSSR count). The maximum absolute atomic E-state index is 12.4. The Hall–Kier alpha value is -3.78. The zero-order valence-corrected chi connectivity index (χ0v) is 20.9. The van der Waals surface area contributed by atoms with Crippen LogP contribution in [0.2, 0.25) is 0 Å². The summed E-state index contributed by atoms with van der Waals surface area (Å²) in [6.45, 7) is 2.27. The Kier molecular flexibility index (Phi) is 7.72. The third kappa shape index (κ3) is 5.66. The SMILES string of the molecule is CCCCOC(=O)c1nc(Br)c2cc(Oc3ccccc3Oc3ccc(OC)cc3)ccc2c1O. The minimum Gasteiger partial charge on any atom is -0.505 e. The van der Waals surface area contributed by atoms with Crippen LogP contribution in [0.3, 0.4) is 0 Å². The van der Waals surface area contributed by atoms with Gasteiger partial charge in [0.15, 0.2) is 22.9 Å². The van der Waals surface area contributed by atoms with Gasteiger partial charge in [-0.2, -0.15) is 0 Å². The van der Waals surface area contributed by atoms with E-state index in [-0.39, 0.29) is 18.1 Å². The molecule has 1 aromatic heterocycles. The molecule has 35 heavy (non-hydrogen) atoms. The van der Waals surface area contributed by atoms with E-state index in [0.717, 1.165) is 18.6 Å². The Morgan fingerprint density at radius 3 is 2.20 bits per heavy atom. The van der Waals surface area contributed by atoms with Gasteiger partial charge in [0, 0.05) is 10.8 Å². The molecule has 0 saturated heterocycles. The number of methoxy groups -OCH3 is 1. The number of hydrogen-bond acceptors (Lipinski definition) is 7. The van der Waals surface area contributed by atoms with Gasteiger partial charge in [-0.3, -0.25) is 0 Å². The second kappa shape index (κ2) is 11.1. The predicted octanol–water partition coefficient (Wildman–Crippen LogP) is 7.25. The summed E-state index contributed by atoms with van der Waals surface area (Å²) in [5, 5.41) is 11.7. The van der Waals surface area contributed by atoms with Gasteiger partial charge >= 0.3 is 5.97 Å². The minimum atomic E-state index is -0.663. The highest BCUT2D eigenvalue weighted by molar-refractivity contribution is 9.10. The molecule has 8 heteroatoms. The lowest BCUT2D eigenvalue weighted by Crippen LogP contribution is -2.09. The van der Waals surface area contributed by atoms with Gasteiger partial charge in [0.05, 0.1) is 13.7 Å². The number of pyridine rings is 1.